The molecule has 0 aliphatic carbocycles. The second kappa shape index (κ2) is 8.53. The number of hydrogen-bond acceptors (Lipinski definition) is 5. The second-order valence-electron chi connectivity index (χ2n) is 6.83. The Bertz CT molecular complexity index is 1090. The van der Waals surface area contributed by atoms with Crippen molar-refractivity contribution in [2.24, 2.45) is 0 Å². The van der Waals surface area contributed by atoms with Crippen molar-refractivity contribution in [2.75, 3.05) is 12.8 Å². The van der Waals surface area contributed by atoms with E-state index < -0.39 is 0 Å². The van der Waals surface area contributed by atoms with Crippen LogP contribution in [0.25, 0.3) is 17.0 Å². The number of allylic oxidation sites excluding steroid dienone is 1. The molecule has 2 aromatic carbocycles. The summed E-state index contributed by atoms with van der Waals surface area (Å²) in [6.07, 6.45) is 2.03. The maximum absolute atomic E-state index is 12.7. The normalized spacial score (nSPS) is 16.7. The number of aromatic nitrogens is 2. The first-order valence-electron chi connectivity index (χ1n) is 9.54. The molecule has 2 heterocycles. The minimum absolute atomic E-state index is 0.143. The highest BCUT2D eigenvalue weighted by Crippen LogP contribution is 2.37. The number of hydrogen-bond donors (Lipinski definition) is 1. The zero-order chi connectivity index (χ0) is 21.3. The molecule has 154 valence electrons. The van der Waals surface area contributed by atoms with Crippen molar-refractivity contribution in [3.8, 4) is 11.4 Å². The molecule has 0 bridgehead atoms. The van der Waals surface area contributed by atoms with E-state index in [9.17, 15) is 4.79 Å². The van der Waals surface area contributed by atoms with E-state index in [4.69, 9.17) is 16.1 Å². The molecule has 0 fully saturated rings. The lowest BCUT2D eigenvalue weighted by Gasteiger charge is -2.34. The Kier molecular flexibility index (Phi) is 5.83. The molecule has 1 unspecified atom stereocenters. The summed E-state index contributed by atoms with van der Waals surface area (Å²) in [5.74, 6) is 0.855. The Labute approximate surface area is 184 Å². The fourth-order valence-corrected chi connectivity index (χ4v) is 4.07. The van der Waals surface area contributed by atoms with Crippen molar-refractivity contribution < 1.29 is 9.32 Å². The molecule has 0 radical (unpaired) electrons. The summed E-state index contributed by atoms with van der Waals surface area (Å²) < 4.78 is 5.65. The largest absolute Gasteiger partial charge is 0.334 e. The molecule has 1 atom stereocenters. The molecule has 6 nitrogen and oxygen atoms in total. The summed E-state index contributed by atoms with van der Waals surface area (Å²) in [4.78, 5) is 20.1. The molecule has 0 saturated heterocycles. The second-order valence-corrected chi connectivity index (χ2v) is 8.15. The Morgan fingerprint density at radius 1 is 1.17 bits per heavy atom. The van der Waals surface area contributed by atoms with Gasteiger partial charge in [-0.05, 0) is 62.1 Å². The number of benzene rings is 2. The van der Waals surface area contributed by atoms with E-state index in [2.05, 4.69) is 15.5 Å². The molecular formula is C22H21ClN4O2S. The predicted molar refractivity (Wildman–Crippen MR) is 119 cm³/mol. The van der Waals surface area contributed by atoms with Crippen LogP contribution in [0.15, 0.2) is 63.6 Å². The van der Waals surface area contributed by atoms with Gasteiger partial charge in [-0.1, -0.05) is 28.9 Å². The fourth-order valence-electron chi connectivity index (χ4n) is 3.53. The number of rotatable bonds is 5. The molecular weight excluding hydrogens is 420 g/mol. The number of thioether (sulfide) groups is 1. The summed E-state index contributed by atoms with van der Waals surface area (Å²) >= 11 is 7.65. The Hall–Kier alpha value is -2.77. The molecule has 0 saturated carbocycles. The number of nitrogens with one attached hydrogen (secondary N) is 1. The Morgan fingerprint density at radius 2 is 1.87 bits per heavy atom. The molecule has 1 aromatic heterocycles. The van der Waals surface area contributed by atoms with Gasteiger partial charge in [0.25, 0.3) is 5.89 Å². The smallest absolute Gasteiger partial charge is 0.322 e. The maximum atomic E-state index is 12.7. The van der Waals surface area contributed by atoms with Crippen molar-refractivity contribution in [1.29, 1.82) is 0 Å². The van der Waals surface area contributed by atoms with Gasteiger partial charge in [-0.25, -0.2) is 4.79 Å². The summed E-state index contributed by atoms with van der Waals surface area (Å²) in [6, 6.07) is 14.8. The molecule has 0 spiro atoms. The van der Waals surface area contributed by atoms with E-state index in [1.54, 1.807) is 28.8 Å². The highest BCUT2D eigenvalue weighted by atomic mass is 35.5. The fraction of sp³-hybridized carbons (Fsp3) is 0.227. The molecule has 1 aliphatic heterocycles. The van der Waals surface area contributed by atoms with Crippen molar-refractivity contribution in [2.45, 2.75) is 24.8 Å². The van der Waals surface area contributed by atoms with Gasteiger partial charge in [0.05, 0.1) is 11.6 Å². The zero-order valence-corrected chi connectivity index (χ0v) is 18.4. The third-order valence-corrected chi connectivity index (χ3v) is 6.12. The van der Waals surface area contributed by atoms with E-state index >= 15 is 0 Å². The van der Waals surface area contributed by atoms with Gasteiger partial charge in [0, 0.05) is 27.7 Å². The minimum Gasteiger partial charge on any atom is -0.334 e. The first kappa shape index (κ1) is 20.5. The minimum atomic E-state index is -0.380. The monoisotopic (exact) mass is 440 g/mol. The first-order chi connectivity index (χ1) is 14.5. The van der Waals surface area contributed by atoms with Crippen LogP contribution < -0.4 is 5.32 Å². The topological polar surface area (TPSA) is 71.3 Å². The van der Waals surface area contributed by atoms with Gasteiger partial charge in [0.2, 0.25) is 5.82 Å². The van der Waals surface area contributed by atoms with E-state index in [-0.39, 0.29) is 12.1 Å². The molecule has 1 N–H and O–H groups in total. The average molecular weight is 441 g/mol. The highest BCUT2D eigenvalue weighted by molar-refractivity contribution is 7.98. The van der Waals surface area contributed by atoms with E-state index in [0.717, 1.165) is 27.3 Å². The van der Waals surface area contributed by atoms with Crippen molar-refractivity contribution >= 4 is 35.0 Å². The molecule has 2 amide bonds. The number of amides is 2. The van der Waals surface area contributed by atoms with Crippen LogP contribution in [0.5, 0.6) is 0 Å². The zero-order valence-electron chi connectivity index (χ0n) is 16.8. The van der Waals surface area contributed by atoms with Crippen LogP contribution in [0.3, 0.4) is 0 Å². The summed E-state index contributed by atoms with van der Waals surface area (Å²) in [5.41, 5.74) is 3.35. The summed E-state index contributed by atoms with van der Waals surface area (Å²) in [5, 5.41) is 7.88. The number of carbonyl (C=O) groups excluding carboxylic acids is 1. The van der Waals surface area contributed by atoms with Crippen LogP contribution in [-0.4, -0.2) is 33.9 Å². The summed E-state index contributed by atoms with van der Waals surface area (Å²) in [6.45, 7) is 4.38. The van der Waals surface area contributed by atoms with Gasteiger partial charge < -0.3 is 9.84 Å². The molecule has 1 aliphatic rings. The van der Waals surface area contributed by atoms with Gasteiger partial charge in [-0.15, -0.1) is 11.8 Å². The number of halogens is 1. The SMILES string of the molecule is CCN1C(=O)NC(c2ccc(SC)cc2)C(c2nc(-c3ccc(Cl)cc3)no2)=C1C. The van der Waals surface area contributed by atoms with Gasteiger partial charge in [-0.3, -0.25) is 4.90 Å². The average Bonchev–Trinajstić information content (AvgIpc) is 3.24. The van der Waals surface area contributed by atoms with E-state index in [0.29, 0.717) is 23.3 Å². The highest BCUT2D eigenvalue weighted by Gasteiger charge is 2.35. The Balaban J connectivity index is 1.79. The molecule has 8 heteroatoms. The van der Waals surface area contributed by atoms with E-state index in [1.807, 2.05) is 56.5 Å². The van der Waals surface area contributed by atoms with Crippen LogP contribution in [0.4, 0.5) is 4.79 Å². The summed E-state index contributed by atoms with van der Waals surface area (Å²) in [7, 11) is 0. The van der Waals surface area contributed by atoms with Crippen LogP contribution in [0.1, 0.15) is 31.3 Å². The predicted octanol–water partition coefficient (Wildman–Crippen LogP) is 5.63. The number of nitrogens with zero attached hydrogens (tertiary/aromatic N) is 3. The van der Waals surface area contributed by atoms with Gasteiger partial charge in [0.1, 0.15) is 0 Å². The number of urea groups is 1. The van der Waals surface area contributed by atoms with Crippen molar-refractivity contribution in [1.82, 2.24) is 20.4 Å². The third kappa shape index (κ3) is 3.82. The first-order valence-corrected chi connectivity index (χ1v) is 11.1. The van der Waals surface area contributed by atoms with E-state index in [1.165, 1.54) is 0 Å². The van der Waals surface area contributed by atoms with Crippen molar-refractivity contribution in [3.05, 3.63) is 70.7 Å². The lowest BCUT2D eigenvalue weighted by Crippen LogP contribution is -2.45. The molecule has 30 heavy (non-hydrogen) atoms. The lowest BCUT2D eigenvalue weighted by molar-refractivity contribution is 0.207. The number of carbonyl (C=O) groups is 1. The standard InChI is InChI=1S/C22H21ClN4O2S/c1-4-27-13(2)18(19(24-22(27)28)14-7-11-17(30-3)12-8-14)21-25-20(26-29-21)15-5-9-16(23)10-6-15/h5-12,19H,4H2,1-3H3,(H,24,28). The third-order valence-electron chi connectivity index (χ3n) is 5.12. The van der Waals surface area contributed by atoms with Crippen LogP contribution in [0, 0.1) is 0 Å². The molecule has 4 rings (SSSR count). The maximum Gasteiger partial charge on any atom is 0.322 e. The van der Waals surface area contributed by atoms with Gasteiger partial charge in [-0.2, -0.15) is 4.98 Å². The van der Waals surface area contributed by atoms with Gasteiger partial charge >= 0.3 is 6.03 Å². The molecule has 3 aromatic rings. The van der Waals surface area contributed by atoms with Crippen LogP contribution >= 0.6 is 23.4 Å². The van der Waals surface area contributed by atoms with Crippen LogP contribution in [0.2, 0.25) is 5.02 Å². The lowest BCUT2D eigenvalue weighted by atomic mass is 9.95. The van der Waals surface area contributed by atoms with Crippen molar-refractivity contribution in [3.63, 3.8) is 0 Å². The Morgan fingerprint density at radius 3 is 2.50 bits per heavy atom. The quantitative estimate of drug-likeness (QED) is 0.520. The van der Waals surface area contributed by atoms with Gasteiger partial charge in [0.15, 0.2) is 0 Å². The van der Waals surface area contributed by atoms with Crippen LogP contribution in [-0.2, 0) is 0 Å².